The van der Waals surface area contributed by atoms with Gasteiger partial charge in [-0.2, -0.15) is 0 Å². The summed E-state index contributed by atoms with van der Waals surface area (Å²) in [4.78, 5) is 39.0. The van der Waals surface area contributed by atoms with Crippen molar-refractivity contribution in [2.24, 2.45) is 0 Å². The van der Waals surface area contributed by atoms with Gasteiger partial charge >= 0.3 is 6.09 Å². The van der Waals surface area contributed by atoms with Crippen LogP contribution >= 0.6 is 11.6 Å². The Morgan fingerprint density at radius 1 is 1.22 bits per heavy atom. The molecule has 4 rings (SSSR count). The largest absolute Gasteiger partial charge is 0.419 e. The van der Waals surface area contributed by atoms with Crippen molar-refractivity contribution in [3.63, 3.8) is 0 Å². The molecule has 0 bridgehead atoms. The fourth-order valence-electron chi connectivity index (χ4n) is 2.43. The number of amides is 2. The first-order valence-electron chi connectivity index (χ1n) is 11.6. The van der Waals surface area contributed by atoms with Gasteiger partial charge in [-0.3, -0.25) is 9.78 Å². The van der Waals surface area contributed by atoms with E-state index in [0.717, 1.165) is 11.9 Å². The van der Waals surface area contributed by atoms with Crippen LogP contribution in [0.25, 0.3) is 0 Å². The van der Waals surface area contributed by atoms with Crippen molar-refractivity contribution in [1.82, 2.24) is 24.8 Å². The number of anilines is 1. The lowest BCUT2D eigenvalue weighted by atomic mass is 10.3. The summed E-state index contributed by atoms with van der Waals surface area (Å²) in [7, 11) is 0.855. The first kappa shape index (κ1) is 10.5. The summed E-state index contributed by atoms with van der Waals surface area (Å²) in [6.07, 6.45) is 0.159. The topological polar surface area (TPSA) is 91.8 Å². The predicted octanol–water partition coefficient (Wildman–Crippen LogP) is 1.57. The SMILES string of the molecule is [2H]C1([2H])N(C)C([2H])([2H])C([2H])([2H])N(C(=O)O[C@@H]2c3nccnc3C(=O)N2c2ccc(Cl)cn2)C1([2H])[2H]. The smallest absolute Gasteiger partial charge is 0.412 e. The molecule has 0 radical (unpaired) electrons. The molecule has 0 N–H and O–H groups in total. The number of nitrogens with zero attached hydrogens (tertiary/aromatic N) is 6. The molecule has 0 saturated carbocycles. The third kappa shape index (κ3) is 3.31. The number of halogens is 1. The van der Waals surface area contributed by atoms with Gasteiger partial charge in [-0.1, -0.05) is 11.6 Å². The van der Waals surface area contributed by atoms with Crippen LogP contribution in [0.2, 0.25) is 5.02 Å². The van der Waals surface area contributed by atoms with Crippen LogP contribution in [0.5, 0.6) is 0 Å². The minimum atomic E-state index is -3.41. The lowest BCUT2D eigenvalue weighted by Gasteiger charge is -2.33. The minimum Gasteiger partial charge on any atom is -0.419 e. The molecular weight excluding hydrogens is 372 g/mol. The van der Waals surface area contributed by atoms with E-state index in [9.17, 15) is 9.59 Å². The number of hydrogen-bond acceptors (Lipinski definition) is 7. The summed E-state index contributed by atoms with van der Waals surface area (Å²) in [5.41, 5.74) is -0.374. The fourth-order valence-corrected chi connectivity index (χ4v) is 2.54. The van der Waals surface area contributed by atoms with Gasteiger partial charge in [0.15, 0.2) is 5.69 Å². The maximum absolute atomic E-state index is 13.3. The average molecular weight is 397 g/mol. The Labute approximate surface area is 171 Å². The van der Waals surface area contributed by atoms with Crippen LogP contribution in [0.15, 0.2) is 30.7 Å². The molecule has 1 saturated heterocycles. The lowest BCUT2D eigenvalue weighted by Crippen LogP contribution is -2.48. The average Bonchev–Trinajstić information content (AvgIpc) is 3.04. The van der Waals surface area contributed by atoms with Crippen LogP contribution in [0.1, 0.15) is 33.4 Å². The van der Waals surface area contributed by atoms with Gasteiger partial charge in [0.05, 0.1) is 10.5 Å². The number of piperazine rings is 1. The van der Waals surface area contributed by atoms with Gasteiger partial charge in [0.25, 0.3) is 5.91 Å². The molecule has 0 spiro atoms. The number of pyridine rings is 1. The van der Waals surface area contributed by atoms with Crippen LogP contribution in [0.3, 0.4) is 0 Å². The molecule has 2 aromatic heterocycles. The number of hydrogen-bond donors (Lipinski definition) is 0. The maximum atomic E-state index is 13.3. The molecule has 0 unspecified atom stereocenters. The number of carbonyl (C=O) groups excluding carboxylic acids is 2. The van der Waals surface area contributed by atoms with E-state index in [2.05, 4.69) is 15.0 Å². The van der Waals surface area contributed by atoms with Gasteiger partial charge < -0.3 is 14.5 Å². The van der Waals surface area contributed by atoms with Crippen molar-refractivity contribution in [2.45, 2.75) is 6.23 Å². The van der Waals surface area contributed by atoms with E-state index in [1.807, 2.05) is 0 Å². The molecule has 2 amide bonds. The molecule has 2 aliphatic heterocycles. The molecule has 140 valence electrons. The number of aromatic nitrogens is 3. The Balaban J connectivity index is 1.79. The van der Waals surface area contributed by atoms with Crippen molar-refractivity contribution in [3.8, 4) is 0 Å². The number of ether oxygens (including phenoxy) is 1. The Hall–Kier alpha value is -2.78. The molecule has 0 aliphatic carbocycles. The highest BCUT2D eigenvalue weighted by molar-refractivity contribution is 6.30. The fraction of sp³-hybridized carbons (Fsp3) is 0.353. The van der Waals surface area contributed by atoms with Crippen molar-refractivity contribution in [2.75, 3.05) is 37.9 Å². The summed E-state index contributed by atoms with van der Waals surface area (Å²) < 4.78 is 70.4. The van der Waals surface area contributed by atoms with Crippen LogP contribution in [-0.4, -0.2) is 69.8 Å². The van der Waals surface area contributed by atoms with E-state index in [-0.39, 0.29) is 32.0 Å². The quantitative estimate of drug-likeness (QED) is 0.760. The van der Waals surface area contributed by atoms with Gasteiger partial charge in [-0.25, -0.2) is 19.7 Å². The summed E-state index contributed by atoms with van der Waals surface area (Å²) in [6, 6.07) is 2.74. The summed E-state index contributed by atoms with van der Waals surface area (Å²) in [6.45, 7) is -13.2. The Morgan fingerprint density at radius 3 is 2.67 bits per heavy atom. The van der Waals surface area contributed by atoms with Crippen molar-refractivity contribution in [1.29, 1.82) is 0 Å². The van der Waals surface area contributed by atoms with E-state index in [0.29, 0.717) is 0 Å². The summed E-state index contributed by atoms with van der Waals surface area (Å²) in [5, 5.41) is 0.242. The molecule has 1 fully saturated rings. The van der Waals surface area contributed by atoms with Crippen molar-refractivity contribution >= 4 is 29.4 Å². The third-order valence-corrected chi connectivity index (χ3v) is 3.85. The molecule has 27 heavy (non-hydrogen) atoms. The number of rotatable bonds is 2. The second-order valence-electron chi connectivity index (χ2n) is 5.38. The van der Waals surface area contributed by atoms with Crippen LogP contribution in [0.4, 0.5) is 10.6 Å². The normalized spacial score (nSPS) is 31.8. The first-order valence-corrected chi connectivity index (χ1v) is 7.95. The molecule has 2 aromatic rings. The van der Waals surface area contributed by atoms with Crippen molar-refractivity contribution < 1.29 is 25.3 Å². The highest BCUT2D eigenvalue weighted by Gasteiger charge is 2.44. The zero-order chi connectivity index (χ0) is 26.1. The lowest BCUT2D eigenvalue weighted by molar-refractivity contribution is 0.0476. The Bertz CT molecular complexity index is 1170. The number of likely N-dealkylation sites (N-methyl/N-ethyl adjacent to an activating group) is 1. The zero-order valence-electron chi connectivity index (χ0n) is 21.8. The van der Waals surface area contributed by atoms with Crippen molar-refractivity contribution in [3.05, 3.63) is 47.1 Å². The second-order valence-corrected chi connectivity index (χ2v) is 5.81. The van der Waals surface area contributed by atoms with Gasteiger partial charge in [0, 0.05) is 50.1 Å². The Morgan fingerprint density at radius 2 is 1.96 bits per heavy atom. The zero-order valence-corrected chi connectivity index (χ0v) is 14.5. The molecule has 10 heteroatoms. The monoisotopic (exact) mass is 396 g/mol. The summed E-state index contributed by atoms with van der Waals surface area (Å²) >= 11 is 5.85. The number of carbonyl (C=O) groups is 2. The minimum absolute atomic E-state index is 0.0490. The molecule has 1 atom stereocenters. The van der Waals surface area contributed by atoms with Gasteiger partial charge in [0.2, 0.25) is 6.23 Å². The molecule has 0 aromatic carbocycles. The van der Waals surface area contributed by atoms with Gasteiger partial charge in [-0.15, -0.1) is 0 Å². The highest BCUT2D eigenvalue weighted by atomic mass is 35.5. The van der Waals surface area contributed by atoms with E-state index in [1.165, 1.54) is 30.7 Å². The van der Waals surface area contributed by atoms with Crippen LogP contribution in [0, 0.1) is 0 Å². The highest BCUT2D eigenvalue weighted by Crippen LogP contribution is 2.35. The molecule has 4 heterocycles. The molecular formula is C17H17ClN6O3. The van der Waals surface area contributed by atoms with Gasteiger partial charge in [-0.05, 0) is 19.2 Å². The van der Waals surface area contributed by atoms with E-state index in [1.54, 1.807) is 0 Å². The van der Waals surface area contributed by atoms with E-state index >= 15 is 0 Å². The van der Waals surface area contributed by atoms with Gasteiger partial charge in [0.1, 0.15) is 11.5 Å². The molecule has 2 aliphatic rings. The maximum Gasteiger partial charge on any atom is 0.412 e. The third-order valence-electron chi connectivity index (χ3n) is 3.63. The first-order chi connectivity index (χ1) is 16.1. The Kier molecular flexibility index (Phi) is 2.76. The predicted molar refractivity (Wildman–Crippen MR) is 96.4 cm³/mol. The standard InChI is InChI=1S/C17H17ClN6O3/c1-22-6-8-23(9-7-22)17(26)27-16-14-13(19-4-5-20-14)15(25)24(16)12-3-2-11(18)10-21-12/h2-5,10,16H,6-9H2,1H3/t16-/m1/s1/i6D2,7D2,8D2,9D2. The van der Waals surface area contributed by atoms with E-state index in [4.69, 9.17) is 27.3 Å². The second kappa shape index (κ2) is 7.09. The van der Waals surface area contributed by atoms with Crippen LogP contribution < -0.4 is 4.90 Å². The summed E-state index contributed by atoms with van der Waals surface area (Å²) in [5.74, 6) is -0.831. The number of fused-ring (bicyclic) bond motifs is 1. The van der Waals surface area contributed by atoms with Crippen LogP contribution in [-0.2, 0) is 4.74 Å². The van der Waals surface area contributed by atoms with E-state index < -0.39 is 44.2 Å². The molecule has 9 nitrogen and oxygen atoms in total.